The lowest BCUT2D eigenvalue weighted by Crippen LogP contribution is -2.38. The number of hydrogen-bond acceptors (Lipinski definition) is 8. The van der Waals surface area contributed by atoms with E-state index in [2.05, 4.69) is 24.4 Å². The van der Waals surface area contributed by atoms with Crippen LogP contribution in [-0.4, -0.2) is 41.4 Å². The van der Waals surface area contributed by atoms with Crippen LogP contribution in [0.3, 0.4) is 0 Å². The van der Waals surface area contributed by atoms with Crippen LogP contribution in [0, 0.1) is 0 Å². The number of anilines is 2. The maximum absolute atomic E-state index is 11.7. The molecule has 2 rings (SSSR count). The summed E-state index contributed by atoms with van der Waals surface area (Å²) in [5.41, 5.74) is 6.27. The Morgan fingerprint density at radius 2 is 1.59 bits per heavy atom. The van der Waals surface area contributed by atoms with E-state index in [0.29, 0.717) is 10.5 Å². The van der Waals surface area contributed by atoms with Crippen LogP contribution in [0.25, 0.3) is 11.4 Å². The van der Waals surface area contributed by atoms with Crippen LogP contribution in [-0.2, 0) is 9.47 Å². The highest BCUT2D eigenvalue weighted by Gasteiger charge is 2.29. The quantitative estimate of drug-likeness (QED) is 0.885. The molecule has 2 amide bonds. The zero-order chi connectivity index (χ0) is 16.1. The Morgan fingerprint density at radius 1 is 1.00 bits per heavy atom. The number of aromatic nitrogens is 3. The summed E-state index contributed by atoms with van der Waals surface area (Å²) in [5.74, 6) is -0.229. The number of carbonyl (C=O) groups excluding carboxylic acids is 2. The summed E-state index contributed by atoms with van der Waals surface area (Å²) in [5, 5.41) is 0. The molecule has 1 aromatic heterocycles. The van der Waals surface area contributed by atoms with E-state index in [1.54, 1.807) is 24.3 Å². The zero-order valence-electron chi connectivity index (χ0n) is 11.9. The Balaban J connectivity index is 2.52. The summed E-state index contributed by atoms with van der Waals surface area (Å²) in [6.07, 6.45) is -2.01. The predicted octanol–water partition coefficient (Wildman–Crippen LogP) is 1.46. The van der Waals surface area contributed by atoms with Crippen LogP contribution in [0.15, 0.2) is 30.3 Å². The first-order valence-corrected chi connectivity index (χ1v) is 6.09. The van der Waals surface area contributed by atoms with Crippen molar-refractivity contribution in [2.75, 3.05) is 24.9 Å². The number of nitrogens with zero attached hydrogens (tertiary/aromatic N) is 4. The third kappa shape index (κ3) is 3.08. The van der Waals surface area contributed by atoms with Gasteiger partial charge < -0.3 is 15.2 Å². The molecule has 1 heterocycles. The van der Waals surface area contributed by atoms with Crippen LogP contribution in [0.4, 0.5) is 21.5 Å². The van der Waals surface area contributed by atoms with Crippen molar-refractivity contribution in [3.8, 4) is 11.4 Å². The van der Waals surface area contributed by atoms with Crippen LogP contribution in [0.2, 0.25) is 0 Å². The number of rotatable bonds is 2. The van der Waals surface area contributed by atoms with Crippen molar-refractivity contribution in [1.29, 1.82) is 0 Å². The molecule has 0 saturated carbocycles. The number of benzene rings is 1. The third-order valence-electron chi connectivity index (χ3n) is 2.59. The number of hydrogen-bond donors (Lipinski definition) is 1. The van der Waals surface area contributed by atoms with Crippen molar-refractivity contribution >= 4 is 24.1 Å². The summed E-state index contributed by atoms with van der Waals surface area (Å²) in [6.45, 7) is 0. The smallest absolute Gasteiger partial charge is 0.426 e. The molecule has 0 atom stereocenters. The summed E-state index contributed by atoms with van der Waals surface area (Å²) in [6, 6.07) is 8.89. The van der Waals surface area contributed by atoms with E-state index in [0.717, 1.165) is 14.2 Å². The van der Waals surface area contributed by atoms with Crippen LogP contribution >= 0.6 is 0 Å². The van der Waals surface area contributed by atoms with E-state index in [-0.39, 0.29) is 17.7 Å². The summed E-state index contributed by atoms with van der Waals surface area (Å²) in [7, 11) is 2.22. The first-order valence-electron chi connectivity index (χ1n) is 6.09. The topological polar surface area (TPSA) is 121 Å². The fraction of sp³-hybridized carbons (Fsp3) is 0.154. The van der Waals surface area contributed by atoms with E-state index in [1.807, 2.05) is 6.07 Å². The molecular formula is C13H13N5O4. The average Bonchev–Trinajstić information content (AvgIpc) is 2.55. The summed E-state index contributed by atoms with van der Waals surface area (Å²) < 4.78 is 9.04. The van der Waals surface area contributed by atoms with E-state index >= 15 is 0 Å². The van der Waals surface area contributed by atoms with Crippen LogP contribution in [0.1, 0.15) is 0 Å². The van der Waals surface area contributed by atoms with Crippen molar-refractivity contribution in [2.45, 2.75) is 0 Å². The SMILES string of the molecule is COC(=O)N(C(=O)OC)c1nc(N)nc(-c2ccccc2)n1. The molecule has 0 aliphatic carbocycles. The van der Waals surface area contributed by atoms with Crippen molar-refractivity contribution in [3.05, 3.63) is 30.3 Å². The molecule has 0 spiro atoms. The van der Waals surface area contributed by atoms with Gasteiger partial charge in [-0.1, -0.05) is 30.3 Å². The molecular weight excluding hydrogens is 290 g/mol. The fourth-order valence-corrected chi connectivity index (χ4v) is 1.62. The summed E-state index contributed by atoms with van der Waals surface area (Å²) >= 11 is 0. The first kappa shape index (κ1) is 15.2. The predicted molar refractivity (Wildman–Crippen MR) is 77.0 cm³/mol. The molecule has 1 aromatic carbocycles. The van der Waals surface area contributed by atoms with Gasteiger partial charge >= 0.3 is 12.2 Å². The first-order chi connectivity index (χ1) is 10.6. The maximum atomic E-state index is 11.7. The lowest BCUT2D eigenvalue weighted by molar-refractivity contribution is 0.159. The summed E-state index contributed by atoms with van der Waals surface area (Å²) in [4.78, 5) is 35.8. The Hall–Kier alpha value is -3.23. The van der Waals surface area contributed by atoms with Gasteiger partial charge in [0.15, 0.2) is 5.82 Å². The number of methoxy groups -OCH3 is 2. The minimum absolute atomic E-state index is 0.151. The van der Waals surface area contributed by atoms with Crippen LogP contribution in [0.5, 0.6) is 0 Å². The molecule has 22 heavy (non-hydrogen) atoms. The standard InChI is InChI=1S/C13H13N5O4/c1-21-12(19)18(13(20)22-2)11-16-9(15-10(14)17-11)8-6-4-3-5-7-8/h3-7H,1-2H3,(H2,14,15,16,17). The number of ether oxygens (including phenoxy) is 2. The maximum Gasteiger partial charge on any atom is 0.426 e. The monoisotopic (exact) mass is 303 g/mol. The Morgan fingerprint density at radius 3 is 2.14 bits per heavy atom. The fourth-order valence-electron chi connectivity index (χ4n) is 1.62. The van der Waals surface area contributed by atoms with Gasteiger partial charge in [-0.3, -0.25) is 0 Å². The molecule has 0 aliphatic rings. The van der Waals surface area contributed by atoms with Crippen LogP contribution < -0.4 is 10.6 Å². The highest BCUT2D eigenvalue weighted by Crippen LogP contribution is 2.19. The Labute approximate surface area is 125 Å². The Kier molecular flexibility index (Phi) is 4.47. The molecule has 0 radical (unpaired) electrons. The Bertz CT molecular complexity index is 676. The lowest BCUT2D eigenvalue weighted by atomic mass is 10.2. The van der Waals surface area contributed by atoms with E-state index < -0.39 is 12.2 Å². The highest BCUT2D eigenvalue weighted by atomic mass is 16.6. The second-order valence-corrected chi connectivity index (χ2v) is 3.96. The van der Waals surface area contributed by atoms with E-state index in [1.165, 1.54) is 0 Å². The molecule has 0 fully saturated rings. The normalized spacial score (nSPS) is 9.91. The number of carbonyl (C=O) groups is 2. The molecule has 114 valence electrons. The molecule has 0 unspecified atom stereocenters. The average molecular weight is 303 g/mol. The van der Waals surface area contributed by atoms with Gasteiger partial charge in [0.1, 0.15) is 0 Å². The molecule has 0 bridgehead atoms. The van der Waals surface area contributed by atoms with Gasteiger partial charge in [0.25, 0.3) is 0 Å². The number of imide groups is 1. The van der Waals surface area contributed by atoms with Crippen molar-refractivity contribution < 1.29 is 19.1 Å². The number of nitrogen functional groups attached to an aromatic ring is 1. The van der Waals surface area contributed by atoms with Gasteiger partial charge in [0.05, 0.1) is 14.2 Å². The van der Waals surface area contributed by atoms with Crippen molar-refractivity contribution in [3.63, 3.8) is 0 Å². The highest BCUT2D eigenvalue weighted by molar-refractivity contribution is 6.07. The van der Waals surface area contributed by atoms with Gasteiger partial charge in [-0.15, -0.1) is 4.90 Å². The van der Waals surface area contributed by atoms with Gasteiger partial charge in [-0.2, -0.15) is 15.0 Å². The molecule has 0 saturated heterocycles. The van der Waals surface area contributed by atoms with Crippen molar-refractivity contribution in [1.82, 2.24) is 15.0 Å². The minimum atomic E-state index is -1.00. The van der Waals surface area contributed by atoms with Gasteiger partial charge in [-0.05, 0) is 0 Å². The second kappa shape index (κ2) is 6.48. The van der Waals surface area contributed by atoms with E-state index in [4.69, 9.17) is 5.73 Å². The molecule has 9 heteroatoms. The minimum Gasteiger partial charge on any atom is -0.452 e. The molecule has 0 aliphatic heterocycles. The van der Waals surface area contributed by atoms with Gasteiger partial charge in [0, 0.05) is 5.56 Å². The van der Waals surface area contributed by atoms with Crippen molar-refractivity contribution in [2.24, 2.45) is 0 Å². The lowest BCUT2D eigenvalue weighted by Gasteiger charge is -2.16. The van der Waals surface area contributed by atoms with Gasteiger partial charge in [-0.25, -0.2) is 9.59 Å². The molecule has 2 aromatic rings. The third-order valence-corrected chi connectivity index (χ3v) is 2.59. The molecule has 9 nitrogen and oxygen atoms in total. The van der Waals surface area contributed by atoms with E-state index in [9.17, 15) is 9.59 Å². The van der Waals surface area contributed by atoms with Gasteiger partial charge in [0.2, 0.25) is 11.9 Å². The number of nitrogens with two attached hydrogens (primary N) is 1. The zero-order valence-corrected chi connectivity index (χ0v) is 11.9. The second-order valence-electron chi connectivity index (χ2n) is 3.96. The largest absolute Gasteiger partial charge is 0.452 e. The molecule has 2 N–H and O–H groups in total. The number of amides is 2.